The lowest BCUT2D eigenvalue weighted by molar-refractivity contribution is 0.0519. The van der Waals surface area contributed by atoms with E-state index in [1.54, 1.807) is 13.0 Å². The number of carbonyl (C=O) groups excluding carboxylic acids is 1. The van der Waals surface area contributed by atoms with Gasteiger partial charge in [0.05, 0.1) is 18.0 Å². The number of aryl methyl sites for hydroxylation is 2. The standard InChI is InChI=1S/C17H16ClN3O3/c1-4-24-17(23)13-8-14-16(22)19-15(10(3)21(14)20-13)11-6-5-9(2)12(18)7-11/h5-8H,4H2,1-3H3,(H,19,22). The molecule has 1 N–H and O–H groups in total. The van der Waals surface area contributed by atoms with Crippen LogP contribution in [0.4, 0.5) is 0 Å². The molecule has 0 saturated heterocycles. The summed E-state index contributed by atoms with van der Waals surface area (Å²) in [6, 6.07) is 6.97. The summed E-state index contributed by atoms with van der Waals surface area (Å²) in [6.45, 7) is 5.68. The summed E-state index contributed by atoms with van der Waals surface area (Å²) in [7, 11) is 0. The molecule has 1 aromatic carbocycles. The van der Waals surface area contributed by atoms with Crippen LogP contribution in [-0.4, -0.2) is 27.2 Å². The summed E-state index contributed by atoms with van der Waals surface area (Å²) in [4.78, 5) is 27.1. The fraction of sp³-hybridized carbons (Fsp3) is 0.235. The van der Waals surface area contributed by atoms with E-state index < -0.39 is 5.97 Å². The fourth-order valence-electron chi connectivity index (χ4n) is 2.51. The number of hydrogen-bond acceptors (Lipinski definition) is 4. The van der Waals surface area contributed by atoms with Crippen molar-refractivity contribution in [2.24, 2.45) is 0 Å². The highest BCUT2D eigenvalue weighted by Gasteiger charge is 2.17. The molecule has 0 aliphatic rings. The largest absolute Gasteiger partial charge is 0.461 e. The van der Waals surface area contributed by atoms with Crippen LogP contribution in [0.5, 0.6) is 0 Å². The molecule has 6 nitrogen and oxygen atoms in total. The third kappa shape index (κ3) is 2.69. The molecule has 7 heteroatoms. The molecule has 0 unspecified atom stereocenters. The number of nitrogens with zero attached hydrogens (tertiary/aromatic N) is 2. The van der Waals surface area contributed by atoms with Gasteiger partial charge in [-0.05, 0) is 32.4 Å². The molecule has 0 radical (unpaired) electrons. The van der Waals surface area contributed by atoms with Crippen molar-refractivity contribution in [1.82, 2.24) is 14.6 Å². The second kappa shape index (κ2) is 6.13. The van der Waals surface area contributed by atoms with E-state index in [1.807, 2.05) is 26.0 Å². The Morgan fingerprint density at radius 1 is 1.33 bits per heavy atom. The van der Waals surface area contributed by atoms with E-state index in [-0.39, 0.29) is 23.4 Å². The second-order valence-corrected chi connectivity index (χ2v) is 5.83. The third-order valence-corrected chi connectivity index (χ3v) is 4.21. The first-order chi connectivity index (χ1) is 11.4. The van der Waals surface area contributed by atoms with Gasteiger partial charge in [0, 0.05) is 16.7 Å². The lowest BCUT2D eigenvalue weighted by Gasteiger charge is -2.09. The summed E-state index contributed by atoms with van der Waals surface area (Å²) in [5, 5.41) is 4.82. The summed E-state index contributed by atoms with van der Waals surface area (Å²) in [6.07, 6.45) is 0. The van der Waals surface area contributed by atoms with Gasteiger partial charge < -0.3 is 9.72 Å². The molecule has 0 fully saturated rings. The van der Waals surface area contributed by atoms with Crippen LogP contribution in [0, 0.1) is 13.8 Å². The van der Waals surface area contributed by atoms with Crippen LogP contribution in [0.15, 0.2) is 29.1 Å². The van der Waals surface area contributed by atoms with E-state index in [0.29, 0.717) is 16.4 Å². The number of benzene rings is 1. The molecular formula is C17H16ClN3O3. The highest BCUT2D eigenvalue weighted by Crippen LogP contribution is 2.25. The van der Waals surface area contributed by atoms with Gasteiger partial charge in [0.25, 0.3) is 5.56 Å². The zero-order chi connectivity index (χ0) is 17.4. The van der Waals surface area contributed by atoms with Crippen molar-refractivity contribution in [3.63, 3.8) is 0 Å². The number of fused-ring (bicyclic) bond motifs is 1. The van der Waals surface area contributed by atoms with E-state index in [1.165, 1.54) is 10.6 Å². The van der Waals surface area contributed by atoms with E-state index in [0.717, 1.165) is 11.1 Å². The average Bonchev–Trinajstić information content (AvgIpc) is 3.00. The number of halogens is 1. The first kappa shape index (κ1) is 16.3. The Morgan fingerprint density at radius 2 is 2.08 bits per heavy atom. The van der Waals surface area contributed by atoms with Gasteiger partial charge in [0.1, 0.15) is 5.52 Å². The van der Waals surface area contributed by atoms with Gasteiger partial charge in [-0.15, -0.1) is 0 Å². The Morgan fingerprint density at radius 3 is 2.75 bits per heavy atom. The molecule has 0 aliphatic carbocycles. The molecule has 0 saturated carbocycles. The first-order valence-corrected chi connectivity index (χ1v) is 7.86. The van der Waals surface area contributed by atoms with Crippen LogP contribution in [0.3, 0.4) is 0 Å². The van der Waals surface area contributed by atoms with Gasteiger partial charge in [-0.2, -0.15) is 5.10 Å². The number of aromatic nitrogens is 3. The van der Waals surface area contributed by atoms with Crippen LogP contribution in [0.2, 0.25) is 5.02 Å². The topological polar surface area (TPSA) is 76.5 Å². The van der Waals surface area contributed by atoms with Crippen molar-refractivity contribution in [3.8, 4) is 11.3 Å². The predicted octanol–water partition coefficient (Wildman–Crippen LogP) is 3.14. The Kier molecular flexibility index (Phi) is 4.15. The molecule has 124 valence electrons. The molecular weight excluding hydrogens is 330 g/mol. The van der Waals surface area contributed by atoms with Crippen LogP contribution in [-0.2, 0) is 4.74 Å². The minimum atomic E-state index is -0.556. The highest BCUT2D eigenvalue weighted by atomic mass is 35.5. The normalized spacial score (nSPS) is 11.0. The Balaban J connectivity index is 2.20. The number of aromatic amines is 1. The van der Waals surface area contributed by atoms with E-state index in [9.17, 15) is 9.59 Å². The zero-order valence-electron chi connectivity index (χ0n) is 13.5. The van der Waals surface area contributed by atoms with Crippen LogP contribution < -0.4 is 5.56 Å². The zero-order valence-corrected chi connectivity index (χ0v) is 14.3. The SMILES string of the molecule is CCOC(=O)c1cc2c(=O)[nH]c(-c3ccc(C)c(Cl)c3)c(C)n2n1. The highest BCUT2D eigenvalue weighted by molar-refractivity contribution is 6.31. The number of ether oxygens (including phenoxy) is 1. The third-order valence-electron chi connectivity index (χ3n) is 3.81. The molecule has 0 amide bonds. The van der Waals surface area contributed by atoms with Crippen molar-refractivity contribution in [2.75, 3.05) is 6.61 Å². The van der Waals surface area contributed by atoms with E-state index in [2.05, 4.69) is 10.1 Å². The monoisotopic (exact) mass is 345 g/mol. The summed E-state index contributed by atoms with van der Waals surface area (Å²) in [5.41, 5.74) is 3.07. The van der Waals surface area contributed by atoms with E-state index in [4.69, 9.17) is 16.3 Å². The Bertz CT molecular complexity index is 1000. The molecule has 3 rings (SSSR count). The number of nitrogens with one attached hydrogen (secondary N) is 1. The van der Waals surface area contributed by atoms with Gasteiger partial charge in [-0.1, -0.05) is 23.7 Å². The molecule has 0 aliphatic heterocycles. The van der Waals surface area contributed by atoms with Crippen LogP contribution in [0.25, 0.3) is 16.8 Å². The minimum absolute atomic E-state index is 0.101. The molecule has 2 aromatic heterocycles. The summed E-state index contributed by atoms with van der Waals surface area (Å²) >= 11 is 6.18. The van der Waals surface area contributed by atoms with Gasteiger partial charge in [-0.25, -0.2) is 9.31 Å². The van der Waals surface area contributed by atoms with Gasteiger partial charge >= 0.3 is 5.97 Å². The number of esters is 1. The lowest BCUT2D eigenvalue weighted by atomic mass is 10.1. The number of carbonyl (C=O) groups is 1. The quantitative estimate of drug-likeness (QED) is 0.740. The van der Waals surface area contributed by atoms with Crippen molar-refractivity contribution in [1.29, 1.82) is 0 Å². The van der Waals surface area contributed by atoms with Crippen LogP contribution >= 0.6 is 11.6 Å². The molecule has 0 atom stereocenters. The molecule has 2 heterocycles. The van der Waals surface area contributed by atoms with Crippen molar-refractivity contribution >= 4 is 23.1 Å². The Hall–Kier alpha value is -2.60. The van der Waals surface area contributed by atoms with Crippen LogP contribution in [0.1, 0.15) is 28.7 Å². The number of rotatable bonds is 3. The second-order valence-electron chi connectivity index (χ2n) is 5.43. The van der Waals surface area contributed by atoms with Gasteiger partial charge in [-0.3, -0.25) is 4.79 Å². The van der Waals surface area contributed by atoms with Crippen molar-refractivity contribution in [3.05, 3.63) is 56.6 Å². The molecule has 0 spiro atoms. The van der Waals surface area contributed by atoms with Crippen molar-refractivity contribution < 1.29 is 9.53 Å². The van der Waals surface area contributed by atoms with E-state index >= 15 is 0 Å². The number of hydrogen-bond donors (Lipinski definition) is 1. The smallest absolute Gasteiger partial charge is 0.358 e. The maximum atomic E-state index is 12.4. The molecule has 3 aromatic rings. The predicted molar refractivity (Wildman–Crippen MR) is 91.7 cm³/mol. The minimum Gasteiger partial charge on any atom is -0.461 e. The maximum Gasteiger partial charge on any atom is 0.358 e. The fourth-order valence-corrected chi connectivity index (χ4v) is 2.69. The lowest BCUT2D eigenvalue weighted by Crippen LogP contribution is -2.14. The Labute approximate surface area is 143 Å². The average molecular weight is 346 g/mol. The molecule has 24 heavy (non-hydrogen) atoms. The number of H-pyrrole nitrogens is 1. The van der Waals surface area contributed by atoms with Crippen molar-refractivity contribution in [2.45, 2.75) is 20.8 Å². The summed E-state index contributed by atoms with van der Waals surface area (Å²) < 4.78 is 6.39. The first-order valence-electron chi connectivity index (χ1n) is 7.48. The van der Waals surface area contributed by atoms with Gasteiger partial charge in [0.2, 0.25) is 0 Å². The maximum absolute atomic E-state index is 12.4. The molecule has 0 bridgehead atoms. The summed E-state index contributed by atoms with van der Waals surface area (Å²) in [5.74, 6) is -0.556. The van der Waals surface area contributed by atoms with Gasteiger partial charge in [0.15, 0.2) is 5.69 Å².